The summed E-state index contributed by atoms with van der Waals surface area (Å²) in [5.74, 6) is 0. The molecule has 0 spiro atoms. The Morgan fingerprint density at radius 3 is 2.96 bits per heavy atom. The first kappa shape index (κ1) is 14.1. The smallest absolute Gasteiger partial charge is 0.329 e. The van der Waals surface area contributed by atoms with Crippen molar-refractivity contribution >= 4 is 16.9 Å². The minimum atomic E-state index is 0.0622. The lowest BCUT2D eigenvalue weighted by atomic mass is 10.1. The van der Waals surface area contributed by atoms with Crippen molar-refractivity contribution in [3.8, 4) is 0 Å². The molecule has 5 nitrogen and oxygen atoms in total. The van der Waals surface area contributed by atoms with E-state index in [1.807, 2.05) is 27.7 Å². The molecule has 3 heterocycles. The van der Waals surface area contributed by atoms with E-state index in [0.29, 0.717) is 6.54 Å². The largest absolute Gasteiger partial charge is 0.347 e. The fourth-order valence-corrected chi connectivity index (χ4v) is 3.58. The van der Waals surface area contributed by atoms with Crippen molar-refractivity contribution in [3.63, 3.8) is 0 Å². The predicted molar refractivity (Wildman–Crippen MR) is 89.5 cm³/mol. The van der Waals surface area contributed by atoms with Crippen LogP contribution in [0.15, 0.2) is 30.6 Å². The van der Waals surface area contributed by atoms with Crippen molar-refractivity contribution in [1.29, 1.82) is 0 Å². The van der Waals surface area contributed by atoms with Gasteiger partial charge in [0.15, 0.2) is 0 Å². The van der Waals surface area contributed by atoms with Crippen LogP contribution < -0.4 is 0 Å². The Balaban J connectivity index is 1.73. The highest BCUT2D eigenvalue weighted by Gasteiger charge is 2.28. The summed E-state index contributed by atoms with van der Waals surface area (Å²) in [6, 6.07) is 8.21. The van der Waals surface area contributed by atoms with Crippen LogP contribution in [0.4, 0.5) is 4.79 Å². The Bertz CT molecular complexity index is 890. The molecule has 4 rings (SSSR count). The summed E-state index contributed by atoms with van der Waals surface area (Å²) in [6.07, 6.45) is 3.47. The first-order valence-electron chi connectivity index (χ1n) is 8.10. The second-order valence-electron chi connectivity index (χ2n) is 6.06. The Labute approximate surface area is 134 Å². The van der Waals surface area contributed by atoms with Crippen LogP contribution in [0.2, 0.25) is 0 Å². The molecule has 0 atom stereocenters. The third kappa shape index (κ3) is 2.07. The molecule has 1 amide bonds. The van der Waals surface area contributed by atoms with Crippen LogP contribution >= 0.6 is 0 Å². The minimum Gasteiger partial charge on any atom is -0.347 e. The van der Waals surface area contributed by atoms with Gasteiger partial charge in [-0.15, -0.1) is 0 Å². The molecule has 0 unspecified atom stereocenters. The molecule has 0 radical (unpaired) electrons. The number of imidazole rings is 1. The Kier molecular flexibility index (Phi) is 3.22. The first-order valence-corrected chi connectivity index (χ1v) is 8.10. The van der Waals surface area contributed by atoms with E-state index in [1.54, 1.807) is 6.33 Å². The number of carbonyl (C=O) groups excluding carboxylic acids is 1. The number of aromatic amines is 1. The van der Waals surface area contributed by atoms with E-state index < -0.39 is 0 Å². The zero-order valence-electron chi connectivity index (χ0n) is 13.5. The maximum atomic E-state index is 13.0. The van der Waals surface area contributed by atoms with Gasteiger partial charge in [-0.2, -0.15) is 0 Å². The third-order valence-electron chi connectivity index (χ3n) is 4.82. The number of amides is 1. The average Bonchev–Trinajstić information content (AvgIpc) is 3.14. The third-order valence-corrected chi connectivity index (χ3v) is 4.82. The second-order valence-corrected chi connectivity index (χ2v) is 6.06. The van der Waals surface area contributed by atoms with Crippen molar-refractivity contribution in [1.82, 2.24) is 19.4 Å². The van der Waals surface area contributed by atoms with E-state index >= 15 is 0 Å². The number of nitrogens with zero attached hydrogens (tertiary/aromatic N) is 3. The van der Waals surface area contributed by atoms with Gasteiger partial charge in [0.1, 0.15) is 0 Å². The molecule has 2 aromatic heterocycles. The van der Waals surface area contributed by atoms with Gasteiger partial charge in [-0.1, -0.05) is 25.1 Å². The minimum absolute atomic E-state index is 0.0622. The summed E-state index contributed by atoms with van der Waals surface area (Å²) in [7, 11) is 0. The number of hydrogen-bond acceptors (Lipinski definition) is 2. The number of H-pyrrole nitrogens is 1. The maximum absolute atomic E-state index is 13.0. The van der Waals surface area contributed by atoms with Gasteiger partial charge in [-0.25, -0.2) is 9.78 Å². The highest BCUT2D eigenvalue weighted by Crippen LogP contribution is 2.29. The van der Waals surface area contributed by atoms with Crippen LogP contribution in [0.5, 0.6) is 0 Å². The molecule has 0 saturated carbocycles. The zero-order valence-corrected chi connectivity index (χ0v) is 13.5. The first-order chi connectivity index (χ1) is 11.2. The van der Waals surface area contributed by atoms with Crippen LogP contribution in [0, 0.1) is 6.92 Å². The summed E-state index contributed by atoms with van der Waals surface area (Å²) in [5.41, 5.74) is 5.46. The molecule has 0 saturated heterocycles. The summed E-state index contributed by atoms with van der Waals surface area (Å²) in [6.45, 7) is 5.53. The van der Waals surface area contributed by atoms with Gasteiger partial charge in [-0.05, 0) is 25.0 Å². The number of hydrogen-bond donors (Lipinski definition) is 1. The Morgan fingerprint density at radius 2 is 2.13 bits per heavy atom. The molecule has 1 N–H and O–H groups in total. The van der Waals surface area contributed by atoms with E-state index in [9.17, 15) is 4.79 Å². The zero-order chi connectivity index (χ0) is 16.0. The van der Waals surface area contributed by atoms with Crippen LogP contribution in [-0.4, -0.2) is 32.0 Å². The molecule has 1 aromatic carbocycles. The van der Waals surface area contributed by atoms with E-state index in [2.05, 4.69) is 29.9 Å². The van der Waals surface area contributed by atoms with Crippen LogP contribution in [0.3, 0.4) is 0 Å². The number of benzene rings is 1. The summed E-state index contributed by atoms with van der Waals surface area (Å²) >= 11 is 0. The molecule has 5 heteroatoms. The number of carbonyl (C=O) groups is 1. The Morgan fingerprint density at radius 1 is 1.30 bits per heavy atom. The monoisotopic (exact) mass is 308 g/mol. The quantitative estimate of drug-likeness (QED) is 0.807. The fraction of sp³-hybridized carbons (Fsp3) is 0.333. The standard InChI is InChI=1S/C18H20N4O/c1-3-14-15(20-11-19-14)10-21-9-8-16-12(2)13-6-4-5-7-17(13)22(16)18(21)23/h4-7,11H,3,8-10H2,1-2H3,(H,19,20). The number of aryl methyl sites for hydroxylation is 2. The second kappa shape index (κ2) is 5.26. The molecule has 0 fully saturated rings. The van der Waals surface area contributed by atoms with Gasteiger partial charge >= 0.3 is 6.03 Å². The average molecular weight is 308 g/mol. The van der Waals surface area contributed by atoms with Crippen molar-refractivity contribution in [3.05, 3.63) is 53.2 Å². The summed E-state index contributed by atoms with van der Waals surface area (Å²) in [5, 5.41) is 1.17. The molecule has 3 aromatic rings. The van der Waals surface area contributed by atoms with Crippen molar-refractivity contribution < 1.29 is 4.79 Å². The van der Waals surface area contributed by atoms with Crippen molar-refractivity contribution in [2.24, 2.45) is 0 Å². The molecule has 1 aliphatic heterocycles. The highest BCUT2D eigenvalue weighted by molar-refractivity contribution is 5.95. The number of para-hydroxylation sites is 1. The number of rotatable bonds is 3. The number of fused-ring (bicyclic) bond motifs is 3. The fourth-order valence-electron chi connectivity index (χ4n) is 3.58. The van der Waals surface area contributed by atoms with Gasteiger partial charge < -0.3 is 9.88 Å². The summed E-state index contributed by atoms with van der Waals surface area (Å²) in [4.78, 5) is 22.4. The molecular weight excluding hydrogens is 288 g/mol. The van der Waals surface area contributed by atoms with E-state index in [1.165, 1.54) is 10.9 Å². The maximum Gasteiger partial charge on any atom is 0.329 e. The molecule has 118 valence electrons. The van der Waals surface area contributed by atoms with E-state index in [0.717, 1.165) is 42.0 Å². The van der Waals surface area contributed by atoms with Crippen molar-refractivity contribution in [2.75, 3.05) is 6.54 Å². The lowest BCUT2D eigenvalue weighted by Crippen LogP contribution is -2.41. The van der Waals surface area contributed by atoms with Crippen LogP contribution in [0.1, 0.15) is 29.6 Å². The number of nitrogens with one attached hydrogen (secondary N) is 1. The van der Waals surface area contributed by atoms with Crippen LogP contribution in [0.25, 0.3) is 10.9 Å². The van der Waals surface area contributed by atoms with Gasteiger partial charge in [0, 0.05) is 24.0 Å². The van der Waals surface area contributed by atoms with Crippen molar-refractivity contribution in [2.45, 2.75) is 33.2 Å². The Hall–Kier alpha value is -2.56. The lowest BCUT2D eigenvalue weighted by molar-refractivity contribution is 0.190. The normalized spacial score (nSPS) is 14.5. The predicted octanol–water partition coefficient (Wildman–Crippen LogP) is 3.26. The molecular formula is C18H20N4O. The van der Waals surface area contributed by atoms with Gasteiger partial charge in [-0.3, -0.25) is 4.57 Å². The SMILES string of the molecule is CCc1nc[nH]c1CN1CCc2c(C)c3ccccc3n2C1=O. The summed E-state index contributed by atoms with van der Waals surface area (Å²) < 4.78 is 1.89. The van der Waals surface area contributed by atoms with Crippen LogP contribution in [-0.2, 0) is 19.4 Å². The van der Waals surface area contributed by atoms with Gasteiger partial charge in [0.25, 0.3) is 0 Å². The van der Waals surface area contributed by atoms with Gasteiger partial charge in [0.05, 0.1) is 29.8 Å². The van der Waals surface area contributed by atoms with E-state index in [-0.39, 0.29) is 6.03 Å². The number of aromatic nitrogens is 3. The van der Waals surface area contributed by atoms with E-state index in [4.69, 9.17) is 0 Å². The molecule has 0 aliphatic carbocycles. The van der Waals surface area contributed by atoms with Gasteiger partial charge in [0.2, 0.25) is 0 Å². The topological polar surface area (TPSA) is 53.9 Å². The molecule has 1 aliphatic rings. The molecule has 0 bridgehead atoms. The highest BCUT2D eigenvalue weighted by atomic mass is 16.2. The lowest BCUT2D eigenvalue weighted by Gasteiger charge is -2.29. The molecule has 23 heavy (non-hydrogen) atoms.